The Balaban J connectivity index is 2.02. The van der Waals surface area contributed by atoms with E-state index in [4.69, 9.17) is 0 Å². The molecule has 0 atom stereocenters. The van der Waals surface area contributed by atoms with Crippen LogP contribution in [0.25, 0.3) is 0 Å². The van der Waals surface area contributed by atoms with E-state index in [1.165, 1.54) is 11.8 Å². The van der Waals surface area contributed by atoms with E-state index >= 15 is 0 Å². The normalized spacial score (nSPS) is 16.1. The first kappa shape index (κ1) is 12.2. The third-order valence-electron chi connectivity index (χ3n) is 2.85. The van der Waals surface area contributed by atoms with Crippen LogP contribution in [-0.4, -0.2) is 53.2 Å². The van der Waals surface area contributed by atoms with Gasteiger partial charge in [0.2, 0.25) is 5.91 Å². The van der Waals surface area contributed by atoms with Crippen LogP contribution in [0.5, 0.6) is 0 Å². The van der Waals surface area contributed by atoms with Crippen LogP contribution in [0.15, 0.2) is 17.4 Å². The minimum Gasteiger partial charge on any atom is -0.353 e. The first-order valence-electron chi connectivity index (χ1n) is 5.58. The smallest absolute Gasteiger partial charge is 0.219 e. The number of carbonyl (C=O) groups excluding carboxylic acids is 1. The van der Waals surface area contributed by atoms with E-state index in [0.717, 1.165) is 37.2 Å². The van der Waals surface area contributed by atoms with E-state index < -0.39 is 0 Å². The lowest BCUT2D eigenvalue weighted by Gasteiger charge is -2.34. The zero-order valence-corrected chi connectivity index (χ0v) is 10.9. The average molecular weight is 252 g/mol. The number of carbonyl (C=O) groups is 1. The summed E-state index contributed by atoms with van der Waals surface area (Å²) in [7, 11) is 0. The summed E-state index contributed by atoms with van der Waals surface area (Å²) in [5.41, 5.74) is 0. The van der Waals surface area contributed by atoms with E-state index in [9.17, 15) is 4.79 Å². The van der Waals surface area contributed by atoms with Gasteiger partial charge in [-0.1, -0.05) is 11.8 Å². The molecule has 2 rings (SSSR count). The topological polar surface area (TPSA) is 49.3 Å². The van der Waals surface area contributed by atoms with E-state index in [2.05, 4.69) is 14.9 Å². The Hall–Kier alpha value is -1.30. The highest BCUT2D eigenvalue weighted by Crippen LogP contribution is 2.16. The summed E-state index contributed by atoms with van der Waals surface area (Å²) in [6.45, 7) is 4.84. The highest BCUT2D eigenvalue weighted by molar-refractivity contribution is 7.98. The van der Waals surface area contributed by atoms with Crippen LogP contribution in [-0.2, 0) is 4.79 Å². The molecule has 0 N–H and O–H groups in total. The highest BCUT2D eigenvalue weighted by atomic mass is 32.2. The SMILES string of the molecule is CSc1nccc(N2CCN(C(C)=O)CC2)n1. The summed E-state index contributed by atoms with van der Waals surface area (Å²) in [5, 5.41) is 0.788. The number of rotatable bonds is 2. The molecule has 6 heteroatoms. The molecule has 1 aromatic rings. The van der Waals surface area contributed by atoms with Crippen LogP contribution in [0.1, 0.15) is 6.92 Å². The van der Waals surface area contributed by atoms with Crippen LogP contribution in [0.3, 0.4) is 0 Å². The number of aromatic nitrogens is 2. The molecule has 17 heavy (non-hydrogen) atoms. The zero-order valence-electron chi connectivity index (χ0n) is 10.1. The maximum Gasteiger partial charge on any atom is 0.219 e. The van der Waals surface area contributed by atoms with Gasteiger partial charge >= 0.3 is 0 Å². The van der Waals surface area contributed by atoms with Gasteiger partial charge in [0.25, 0.3) is 0 Å². The molecule has 1 aliphatic rings. The Morgan fingerprint density at radius 1 is 1.35 bits per heavy atom. The largest absolute Gasteiger partial charge is 0.353 e. The fraction of sp³-hybridized carbons (Fsp3) is 0.545. The Morgan fingerprint density at radius 2 is 2.06 bits per heavy atom. The van der Waals surface area contributed by atoms with Gasteiger partial charge in [-0.05, 0) is 12.3 Å². The van der Waals surface area contributed by atoms with Crippen molar-refractivity contribution < 1.29 is 4.79 Å². The van der Waals surface area contributed by atoms with Crippen molar-refractivity contribution in [2.45, 2.75) is 12.1 Å². The summed E-state index contributed by atoms with van der Waals surface area (Å²) in [5.74, 6) is 1.10. The lowest BCUT2D eigenvalue weighted by atomic mass is 10.3. The number of hydrogen-bond donors (Lipinski definition) is 0. The molecule has 0 saturated carbocycles. The van der Waals surface area contributed by atoms with Crippen molar-refractivity contribution in [3.63, 3.8) is 0 Å². The third kappa shape index (κ3) is 2.88. The Labute approximate surface area is 105 Å². The molecule has 2 heterocycles. The summed E-state index contributed by atoms with van der Waals surface area (Å²) < 4.78 is 0. The summed E-state index contributed by atoms with van der Waals surface area (Å²) in [6, 6.07) is 1.92. The van der Waals surface area contributed by atoms with Crippen molar-refractivity contribution in [1.29, 1.82) is 0 Å². The molecule has 0 aromatic carbocycles. The van der Waals surface area contributed by atoms with E-state index in [1.807, 2.05) is 17.2 Å². The van der Waals surface area contributed by atoms with E-state index in [-0.39, 0.29) is 5.91 Å². The summed E-state index contributed by atoms with van der Waals surface area (Å²) >= 11 is 1.54. The lowest BCUT2D eigenvalue weighted by Crippen LogP contribution is -2.48. The standard InChI is InChI=1S/C11H16N4OS/c1-9(16)14-5-7-15(8-6-14)10-3-4-12-11(13-10)17-2/h3-4H,5-8H2,1-2H3. The number of amides is 1. The number of anilines is 1. The van der Waals surface area contributed by atoms with Gasteiger partial charge in [0.1, 0.15) is 5.82 Å². The molecule has 1 aromatic heterocycles. The average Bonchev–Trinajstić information content (AvgIpc) is 2.39. The Kier molecular flexibility index (Phi) is 3.83. The van der Waals surface area contributed by atoms with Gasteiger partial charge in [0.05, 0.1) is 0 Å². The number of piperazine rings is 1. The fourth-order valence-electron chi connectivity index (χ4n) is 1.86. The maximum atomic E-state index is 11.2. The van der Waals surface area contributed by atoms with Crippen LogP contribution < -0.4 is 4.90 Å². The molecule has 0 aliphatic carbocycles. The van der Waals surface area contributed by atoms with Crippen LogP contribution in [0.2, 0.25) is 0 Å². The van der Waals surface area contributed by atoms with Crippen LogP contribution in [0.4, 0.5) is 5.82 Å². The quantitative estimate of drug-likeness (QED) is 0.577. The Morgan fingerprint density at radius 3 is 2.65 bits per heavy atom. The number of nitrogens with zero attached hydrogens (tertiary/aromatic N) is 4. The molecule has 1 amide bonds. The second kappa shape index (κ2) is 5.35. The van der Waals surface area contributed by atoms with Crippen molar-refractivity contribution in [2.75, 3.05) is 37.3 Å². The van der Waals surface area contributed by atoms with Crippen molar-refractivity contribution in [1.82, 2.24) is 14.9 Å². The monoisotopic (exact) mass is 252 g/mol. The molecular weight excluding hydrogens is 236 g/mol. The number of thioether (sulfide) groups is 1. The fourth-order valence-corrected chi connectivity index (χ4v) is 2.21. The van der Waals surface area contributed by atoms with E-state index in [1.54, 1.807) is 13.1 Å². The predicted molar refractivity (Wildman–Crippen MR) is 68.3 cm³/mol. The minimum absolute atomic E-state index is 0.150. The molecule has 92 valence electrons. The van der Waals surface area contributed by atoms with Gasteiger partial charge in [-0.2, -0.15) is 0 Å². The molecule has 5 nitrogen and oxygen atoms in total. The number of hydrogen-bond acceptors (Lipinski definition) is 5. The molecule has 1 fully saturated rings. The first-order chi connectivity index (χ1) is 8.20. The molecule has 0 radical (unpaired) electrons. The molecule has 1 aliphatic heterocycles. The van der Waals surface area contributed by atoms with Crippen molar-refractivity contribution >= 4 is 23.5 Å². The van der Waals surface area contributed by atoms with Gasteiger partial charge in [-0.25, -0.2) is 9.97 Å². The second-order valence-corrected chi connectivity index (χ2v) is 4.67. The minimum atomic E-state index is 0.150. The lowest BCUT2D eigenvalue weighted by molar-refractivity contribution is -0.129. The first-order valence-corrected chi connectivity index (χ1v) is 6.80. The predicted octanol–water partition coefficient (Wildman–Crippen LogP) is 0.867. The highest BCUT2D eigenvalue weighted by Gasteiger charge is 2.19. The van der Waals surface area contributed by atoms with E-state index in [0.29, 0.717) is 0 Å². The third-order valence-corrected chi connectivity index (χ3v) is 3.41. The van der Waals surface area contributed by atoms with Gasteiger partial charge in [-0.3, -0.25) is 4.79 Å². The van der Waals surface area contributed by atoms with Gasteiger partial charge in [0, 0.05) is 39.3 Å². The molecular formula is C11H16N4OS. The van der Waals surface area contributed by atoms with Crippen LogP contribution >= 0.6 is 11.8 Å². The molecule has 0 unspecified atom stereocenters. The molecule has 0 spiro atoms. The zero-order chi connectivity index (χ0) is 12.3. The van der Waals surface area contributed by atoms with Crippen molar-refractivity contribution in [3.05, 3.63) is 12.3 Å². The van der Waals surface area contributed by atoms with Gasteiger partial charge in [-0.15, -0.1) is 0 Å². The molecule has 1 saturated heterocycles. The summed E-state index contributed by atoms with van der Waals surface area (Å²) in [6.07, 6.45) is 3.75. The van der Waals surface area contributed by atoms with Gasteiger partial charge in [0.15, 0.2) is 5.16 Å². The second-order valence-electron chi connectivity index (χ2n) is 3.89. The maximum absolute atomic E-state index is 11.2. The summed E-state index contributed by atoms with van der Waals surface area (Å²) in [4.78, 5) is 23.9. The van der Waals surface area contributed by atoms with Crippen molar-refractivity contribution in [2.24, 2.45) is 0 Å². The van der Waals surface area contributed by atoms with Crippen molar-refractivity contribution in [3.8, 4) is 0 Å². The van der Waals surface area contributed by atoms with Gasteiger partial charge < -0.3 is 9.80 Å². The van der Waals surface area contributed by atoms with Crippen LogP contribution in [0, 0.1) is 0 Å². The molecule has 0 bridgehead atoms. The Bertz CT molecular complexity index is 404.